The number of hydrogen-bond donors (Lipinski definition) is 2. The molecule has 8 heterocycles. The van der Waals surface area contributed by atoms with Crippen molar-refractivity contribution >= 4 is 73.7 Å². The molecule has 3 fully saturated rings. The van der Waals surface area contributed by atoms with Crippen molar-refractivity contribution in [2.24, 2.45) is 0 Å². The van der Waals surface area contributed by atoms with Gasteiger partial charge in [0, 0.05) is 102 Å². The van der Waals surface area contributed by atoms with E-state index in [4.69, 9.17) is 26.0 Å². The molecule has 2 amide bonds. The van der Waals surface area contributed by atoms with Gasteiger partial charge in [0.1, 0.15) is 32.8 Å². The van der Waals surface area contributed by atoms with Gasteiger partial charge in [-0.1, -0.05) is 0 Å². The van der Waals surface area contributed by atoms with Crippen LogP contribution in [0.2, 0.25) is 5.28 Å². The van der Waals surface area contributed by atoms with Crippen LogP contribution in [0.15, 0.2) is 32.4 Å². The number of halogens is 2. The first-order valence-electron chi connectivity index (χ1n) is 18.5. The predicted octanol–water partition coefficient (Wildman–Crippen LogP) is 3.66. The Morgan fingerprint density at radius 1 is 0.782 bits per heavy atom. The molecule has 3 aromatic heterocycles. The number of likely N-dealkylation sites (N-methyl/N-ethyl adjacent to an activating group) is 2. The summed E-state index contributed by atoms with van der Waals surface area (Å²) in [5.74, 6) is 3.74. The van der Waals surface area contributed by atoms with Gasteiger partial charge in [-0.3, -0.25) is 18.0 Å². The van der Waals surface area contributed by atoms with Crippen LogP contribution in [0.1, 0.15) is 61.7 Å². The van der Waals surface area contributed by atoms with Gasteiger partial charge < -0.3 is 29.8 Å². The Bertz CT molecular complexity index is 2200. The van der Waals surface area contributed by atoms with Crippen molar-refractivity contribution in [1.29, 1.82) is 0 Å². The number of aromatic nitrogens is 5. The summed E-state index contributed by atoms with van der Waals surface area (Å²) < 4.78 is 44.2. The molecule has 55 heavy (non-hydrogen) atoms. The Hall–Kier alpha value is -4.29. The van der Waals surface area contributed by atoms with Gasteiger partial charge in [-0.15, -0.1) is 0 Å². The summed E-state index contributed by atoms with van der Waals surface area (Å²) in [6.07, 6.45) is 5.45. The van der Waals surface area contributed by atoms with Crippen molar-refractivity contribution in [2.75, 3.05) is 67.3 Å². The van der Waals surface area contributed by atoms with Crippen LogP contribution in [-0.4, -0.2) is 119 Å². The number of carbonyl (C=O) groups excluding carboxylic acids is 2. The molecule has 0 bridgehead atoms. The summed E-state index contributed by atoms with van der Waals surface area (Å²) in [5.41, 5.74) is 2.76. The number of nitrogens with zero attached hydrogens (tertiary/aromatic N) is 8. The molecule has 3 saturated heterocycles. The van der Waals surface area contributed by atoms with Crippen LogP contribution in [0, 0.1) is 5.82 Å². The molecule has 2 unspecified atom stereocenters. The number of oxazole rings is 1. The molecule has 292 valence electrons. The SMILES string of the molecule is CN1C[C@@H](Nc2nc(Cl)nc3c2S(=O)CC3)CCC1=O.CN1C[C@@H](Nc2nc(N3CCC(c4nc5cc(F)ccc5o4)CC3)nc3c2S(=O)CC3)CCC1=O. The van der Waals surface area contributed by atoms with Gasteiger partial charge in [0.25, 0.3) is 0 Å². The topological polar surface area (TPSA) is 180 Å². The Kier molecular flexibility index (Phi) is 10.7. The number of benzene rings is 1. The first-order valence-corrected chi connectivity index (χ1v) is 21.6. The molecule has 0 radical (unpaired) electrons. The largest absolute Gasteiger partial charge is 0.440 e. The number of fused-ring (bicyclic) bond motifs is 3. The number of rotatable bonds is 6. The zero-order chi connectivity index (χ0) is 38.4. The third-order valence-electron chi connectivity index (χ3n) is 10.8. The summed E-state index contributed by atoms with van der Waals surface area (Å²) in [5, 5.41) is 6.93. The third kappa shape index (κ3) is 8.03. The lowest BCUT2D eigenvalue weighted by atomic mass is 9.97. The molecule has 19 heteroatoms. The van der Waals surface area contributed by atoms with Crippen molar-refractivity contribution < 1.29 is 26.8 Å². The van der Waals surface area contributed by atoms with Crippen molar-refractivity contribution in [3.05, 3.63) is 46.6 Å². The fourth-order valence-electron chi connectivity index (χ4n) is 7.75. The first-order chi connectivity index (χ1) is 26.5. The number of hydrogen-bond acceptors (Lipinski definition) is 13. The number of carbonyl (C=O) groups is 2. The zero-order valence-corrected chi connectivity index (χ0v) is 32.9. The van der Waals surface area contributed by atoms with E-state index in [1.807, 2.05) is 7.05 Å². The van der Waals surface area contributed by atoms with E-state index >= 15 is 0 Å². The van der Waals surface area contributed by atoms with Crippen molar-refractivity contribution in [3.63, 3.8) is 0 Å². The summed E-state index contributed by atoms with van der Waals surface area (Å²) in [6, 6.07) is 4.57. The maximum atomic E-state index is 13.5. The van der Waals surface area contributed by atoms with Gasteiger partial charge in [-0.2, -0.15) is 9.97 Å². The molecule has 0 spiro atoms. The summed E-state index contributed by atoms with van der Waals surface area (Å²) in [7, 11) is 1.41. The number of amides is 2. The summed E-state index contributed by atoms with van der Waals surface area (Å²) >= 11 is 5.92. The second-order valence-corrected chi connectivity index (χ2v) is 18.0. The Morgan fingerprint density at radius 2 is 1.36 bits per heavy atom. The highest BCUT2D eigenvalue weighted by Crippen LogP contribution is 2.35. The van der Waals surface area contributed by atoms with Crippen molar-refractivity contribution in [2.45, 2.75) is 79.2 Å². The highest BCUT2D eigenvalue weighted by Gasteiger charge is 2.33. The van der Waals surface area contributed by atoms with E-state index in [9.17, 15) is 22.4 Å². The molecule has 9 rings (SSSR count). The lowest BCUT2D eigenvalue weighted by Crippen LogP contribution is -2.43. The second-order valence-electron chi connectivity index (χ2n) is 14.6. The van der Waals surface area contributed by atoms with E-state index in [1.165, 1.54) is 12.1 Å². The van der Waals surface area contributed by atoms with E-state index in [0.717, 1.165) is 50.2 Å². The highest BCUT2D eigenvalue weighted by molar-refractivity contribution is 7.85. The van der Waals surface area contributed by atoms with E-state index in [2.05, 4.69) is 30.5 Å². The molecular weight excluding hydrogens is 771 g/mol. The minimum absolute atomic E-state index is 0.0666. The van der Waals surface area contributed by atoms with Gasteiger partial charge in [0.05, 0.1) is 33.0 Å². The van der Waals surface area contributed by atoms with E-state index in [-0.39, 0.29) is 40.9 Å². The standard InChI is InChI=1S/C24H27FN6O3S.C12H15ClN4O2S/c1-30-13-16(3-5-20(30)32)26-22-21-17(8-11-35(21)33)28-24(29-22)31-9-6-14(7-10-31)23-27-18-12-15(25)2-4-19(18)34-23;1-17-6-7(2-3-9(17)18)14-11-10-8(4-5-20(10)19)15-12(13)16-11/h2,4,12,14,16H,3,5-11,13H2,1H3,(H,26,28,29);7H,2-6H2,1H3,(H,14,15,16)/t16-,35?;7-,20?/m00/s1. The number of likely N-dealkylation sites (tertiary alicyclic amines) is 2. The van der Waals surface area contributed by atoms with Gasteiger partial charge in [0.15, 0.2) is 11.5 Å². The molecule has 4 atom stereocenters. The average molecular weight is 813 g/mol. The van der Waals surface area contributed by atoms with Gasteiger partial charge in [-0.25, -0.2) is 19.3 Å². The van der Waals surface area contributed by atoms with E-state index < -0.39 is 21.6 Å². The normalized spacial score (nSPS) is 24.1. The number of aryl methyl sites for hydroxylation is 2. The van der Waals surface area contributed by atoms with Crippen molar-refractivity contribution in [1.82, 2.24) is 34.7 Å². The number of piperidine rings is 3. The predicted molar refractivity (Wildman–Crippen MR) is 206 cm³/mol. The Morgan fingerprint density at radius 3 is 1.96 bits per heavy atom. The van der Waals surface area contributed by atoms with Crippen LogP contribution >= 0.6 is 11.6 Å². The van der Waals surface area contributed by atoms with E-state index in [0.29, 0.717) is 94.6 Å². The minimum atomic E-state index is -1.12. The van der Waals surface area contributed by atoms with Crippen LogP contribution in [0.25, 0.3) is 11.1 Å². The average Bonchev–Trinajstić information content (AvgIpc) is 3.88. The lowest BCUT2D eigenvalue weighted by Gasteiger charge is -2.32. The molecule has 0 saturated carbocycles. The highest BCUT2D eigenvalue weighted by atomic mass is 35.5. The summed E-state index contributed by atoms with van der Waals surface area (Å²) in [6.45, 7) is 2.68. The maximum Gasteiger partial charge on any atom is 0.227 e. The smallest absolute Gasteiger partial charge is 0.227 e. The zero-order valence-electron chi connectivity index (χ0n) is 30.6. The molecule has 5 aliphatic heterocycles. The van der Waals surface area contributed by atoms with E-state index in [1.54, 1.807) is 22.9 Å². The first kappa shape index (κ1) is 37.6. The number of nitrogens with one attached hydrogen (secondary N) is 2. The Labute approximate surface area is 327 Å². The molecule has 15 nitrogen and oxygen atoms in total. The van der Waals surface area contributed by atoms with Gasteiger partial charge in [-0.05, 0) is 49.4 Å². The minimum Gasteiger partial charge on any atom is -0.440 e. The fraction of sp³-hybridized carbons (Fsp3) is 0.528. The van der Waals surface area contributed by atoms with Crippen LogP contribution < -0.4 is 15.5 Å². The lowest BCUT2D eigenvalue weighted by molar-refractivity contribution is -0.132. The fourth-order valence-corrected chi connectivity index (χ4v) is 10.6. The van der Waals surface area contributed by atoms with Gasteiger partial charge in [0.2, 0.25) is 23.0 Å². The molecule has 2 N–H and O–H groups in total. The third-order valence-corrected chi connectivity index (χ3v) is 13.9. The van der Waals surface area contributed by atoms with Crippen molar-refractivity contribution in [3.8, 4) is 0 Å². The van der Waals surface area contributed by atoms with Crippen LogP contribution in [0.5, 0.6) is 0 Å². The second kappa shape index (κ2) is 15.7. The summed E-state index contributed by atoms with van der Waals surface area (Å²) in [4.78, 5) is 52.8. The molecular formula is C36H42ClFN10O5S2. The van der Waals surface area contributed by atoms with Crippen LogP contribution in [-0.2, 0) is 44.0 Å². The molecule has 4 aromatic rings. The quantitative estimate of drug-likeness (QED) is 0.270. The number of anilines is 3. The van der Waals surface area contributed by atoms with Crippen LogP contribution in [0.3, 0.4) is 0 Å². The van der Waals surface area contributed by atoms with Gasteiger partial charge >= 0.3 is 0 Å². The molecule has 5 aliphatic rings. The Balaban J connectivity index is 0.000000181. The monoisotopic (exact) mass is 812 g/mol. The molecule has 1 aromatic carbocycles. The van der Waals surface area contributed by atoms with Crippen LogP contribution in [0.4, 0.5) is 22.0 Å². The molecule has 0 aliphatic carbocycles. The maximum absolute atomic E-state index is 13.5.